The van der Waals surface area contributed by atoms with Crippen LogP contribution in [-0.4, -0.2) is 143 Å². The molecule has 194 valence electrons. The predicted octanol–water partition coefficient (Wildman–Crippen LogP) is -6.38. The van der Waals surface area contributed by atoms with Gasteiger partial charge in [0.25, 0.3) is 0 Å². The predicted molar refractivity (Wildman–Crippen MR) is 106 cm³/mol. The molecule has 33 heavy (non-hydrogen) atoms. The van der Waals surface area contributed by atoms with Gasteiger partial charge in [-0.05, 0) is 0 Å². The lowest BCUT2D eigenvalue weighted by molar-refractivity contribution is -0.341. The van der Waals surface area contributed by atoms with Crippen molar-refractivity contribution in [3.8, 4) is 0 Å². The quantitative estimate of drug-likeness (QED) is 0.155. The summed E-state index contributed by atoms with van der Waals surface area (Å²) in [7, 11) is 1.33. The second kappa shape index (κ2) is 11.4. The molecule has 3 aliphatic rings. The van der Waals surface area contributed by atoms with Gasteiger partial charge >= 0.3 is 0 Å². The fourth-order valence-electron chi connectivity index (χ4n) is 4.18. The van der Waals surface area contributed by atoms with Gasteiger partial charge in [-0.2, -0.15) is 0 Å². The van der Waals surface area contributed by atoms with Crippen LogP contribution in [0.25, 0.3) is 0 Å². The largest absolute Gasteiger partial charge is 0.394 e. The van der Waals surface area contributed by atoms with Crippen molar-refractivity contribution >= 4 is 0 Å². The fourth-order valence-corrected chi connectivity index (χ4v) is 4.18. The summed E-state index contributed by atoms with van der Waals surface area (Å²) in [6, 6.07) is -2.24. The van der Waals surface area contributed by atoms with Gasteiger partial charge in [-0.15, -0.1) is 0 Å². The van der Waals surface area contributed by atoms with Crippen molar-refractivity contribution in [3.05, 3.63) is 0 Å². The van der Waals surface area contributed by atoms with Gasteiger partial charge < -0.3 is 76.3 Å². The van der Waals surface area contributed by atoms with Crippen molar-refractivity contribution in [2.75, 3.05) is 26.9 Å². The van der Waals surface area contributed by atoms with E-state index < -0.39 is 99.1 Å². The average Bonchev–Trinajstić information content (AvgIpc) is 3.09. The number of hydrogen-bond acceptors (Lipinski definition) is 15. The van der Waals surface area contributed by atoms with Crippen LogP contribution in [0.5, 0.6) is 0 Å². The maximum Gasteiger partial charge on any atom is 0.187 e. The number of nitrogens with two attached hydrogens (primary N) is 3. The first-order chi connectivity index (χ1) is 15.7. The Kier molecular flexibility index (Phi) is 9.35. The standard InChI is InChI=1S/C18H35N3O12/c1-28-16-9(21)15(33-18-13(27)11(25)6(3-22)30-18)14(7(4-23)31-16)32-17-8(20)12(26)10(24)5(2-19)29-17/h5-18,22-27H,2-4,19-21H2,1H3/t5-,6-,7-,8-,9-,10-,11-,12-,13-,14-,15-,16-,17-,18+/m1/s1. The monoisotopic (exact) mass is 485 g/mol. The Balaban J connectivity index is 1.84. The van der Waals surface area contributed by atoms with Crippen molar-refractivity contribution in [1.29, 1.82) is 0 Å². The minimum absolute atomic E-state index is 0.136. The maximum absolute atomic E-state index is 10.3. The molecular weight excluding hydrogens is 450 g/mol. The molecule has 3 rings (SSSR count). The van der Waals surface area contributed by atoms with Gasteiger partial charge in [0.2, 0.25) is 0 Å². The van der Waals surface area contributed by atoms with E-state index in [4.69, 9.17) is 45.6 Å². The van der Waals surface area contributed by atoms with Crippen LogP contribution in [0, 0.1) is 0 Å². The van der Waals surface area contributed by atoms with Crippen LogP contribution in [0.1, 0.15) is 0 Å². The maximum atomic E-state index is 10.3. The van der Waals surface area contributed by atoms with Crippen LogP contribution < -0.4 is 17.2 Å². The third-order valence-electron chi connectivity index (χ3n) is 6.17. The van der Waals surface area contributed by atoms with E-state index in [-0.39, 0.29) is 6.54 Å². The summed E-state index contributed by atoms with van der Waals surface area (Å²) in [4.78, 5) is 0. The minimum atomic E-state index is -1.52. The highest BCUT2D eigenvalue weighted by Crippen LogP contribution is 2.32. The molecule has 0 aromatic carbocycles. The van der Waals surface area contributed by atoms with Crippen molar-refractivity contribution in [1.82, 2.24) is 0 Å². The number of ether oxygens (including phenoxy) is 6. The van der Waals surface area contributed by atoms with E-state index in [2.05, 4.69) is 0 Å². The molecule has 3 heterocycles. The number of aliphatic hydroxyl groups is 6. The van der Waals surface area contributed by atoms with Gasteiger partial charge in [0, 0.05) is 13.7 Å². The molecule has 14 atom stereocenters. The van der Waals surface area contributed by atoms with Crippen LogP contribution in [0.15, 0.2) is 0 Å². The lowest BCUT2D eigenvalue weighted by Crippen LogP contribution is -2.68. The molecular formula is C18H35N3O12. The molecule has 15 heteroatoms. The second-order valence-corrected chi connectivity index (χ2v) is 8.28. The molecule has 3 saturated heterocycles. The van der Waals surface area contributed by atoms with Gasteiger partial charge in [0.05, 0.1) is 25.3 Å². The Morgan fingerprint density at radius 3 is 1.76 bits per heavy atom. The minimum Gasteiger partial charge on any atom is -0.394 e. The zero-order valence-corrected chi connectivity index (χ0v) is 18.1. The second-order valence-electron chi connectivity index (χ2n) is 8.28. The highest BCUT2D eigenvalue weighted by molar-refractivity contribution is 4.98. The molecule has 0 aromatic heterocycles. The summed E-state index contributed by atoms with van der Waals surface area (Å²) in [5.74, 6) is 0. The number of aliphatic hydroxyl groups excluding tert-OH is 6. The highest BCUT2D eigenvalue weighted by atomic mass is 16.8. The first kappa shape index (κ1) is 27.0. The highest BCUT2D eigenvalue weighted by Gasteiger charge is 2.53. The first-order valence-corrected chi connectivity index (χ1v) is 10.6. The molecule has 0 saturated carbocycles. The molecule has 3 fully saturated rings. The molecule has 0 unspecified atom stereocenters. The zero-order valence-electron chi connectivity index (χ0n) is 18.1. The topological polar surface area (TPSA) is 255 Å². The summed E-state index contributed by atoms with van der Waals surface area (Å²) in [6.45, 7) is -1.27. The fraction of sp³-hybridized carbons (Fsp3) is 1.00. The summed E-state index contributed by atoms with van der Waals surface area (Å²) in [6.07, 6.45) is -15.0. The lowest BCUT2D eigenvalue weighted by Gasteiger charge is -2.48. The Bertz CT molecular complexity index is 620. The van der Waals surface area contributed by atoms with Gasteiger partial charge in [0.1, 0.15) is 54.9 Å². The zero-order chi connectivity index (χ0) is 24.4. The van der Waals surface area contributed by atoms with E-state index >= 15 is 0 Å². The van der Waals surface area contributed by atoms with E-state index in [1.165, 1.54) is 7.11 Å². The molecule has 0 aliphatic carbocycles. The van der Waals surface area contributed by atoms with E-state index in [9.17, 15) is 30.6 Å². The summed E-state index contributed by atoms with van der Waals surface area (Å²) in [5.41, 5.74) is 17.8. The molecule has 12 N–H and O–H groups in total. The molecule has 3 aliphatic heterocycles. The lowest BCUT2D eigenvalue weighted by atomic mass is 9.95. The van der Waals surface area contributed by atoms with Crippen LogP contribution in [0.4, 0.5) is 0 Å². The molecule has 15 nitrogen and oxygen atoms in total. The third kappa shape index (κ3) is 5.32. The Hall–Kier alpha value is -0.600. The first-order valence-electron chi connectivity index (χ1n) is 10.6. The number of rotatable bonds is 8. The van der Waals surface area contributed by atoms with Crippen molar-refractivity contribution < 1.29 is 59.1 Å². The van der Waals surface area contributed by atoms with E-state index in [0.29, 0.717) is 0 Å². The SMILES string of the molecule is CO[C@@H]1O[C@H](CO)[C@@H](O[C@H]2O[C@H](CN)[C@@H](O)[C@H](O)[C@H]2N)[C@H](O[C@@H]2O[C@H](CO)[C@@H](O)[C@H]2O)[C@H]1N. The number of hydrogen-bond donors (Lipinski definition) is 9. The molecule has 0 bridgehead atoms. The third-order valence-corrected chi connectivity index (χ3v) is 6.17. The summed E-state index contributed by atoms with van der Waals surface area (Å²) in [5, 5.41) is 59.9. The van der Waals surface area contributed by atoms with Gasteiger partial charge in [-0.3, -0.25) is 0 Å². The number of methoxy groups -OCH3 is 1. The van der Waals surface area contributed by atoms with Crippen LogP contribution >= 0.6 is 0 Å². The van der Waals surface area contributed by atoms with Crippen molar-refractivity contribution in [2.24, 2.45) is 17.2 Å². The molecule has 0 spiro atoms. The summed E-state index contributed by atoms with van der Waals surface area (Å²) < 4.78 is 33.6. The Morgan fingerprint density at radius 1 is 0.667 bits per heavy atom. The van der Waals surface area contributed by atoms with Gasteiger partial charge in [-0.25, -0.2) is 0 Å². The normalized spacial score (nSPS) is 51.1. The van der Waals surface area contributed by atoms with Crippen LogP contribution in [-0.2, 0) is 28.4 Å². The summed E-state index contributed by atoms with van der Waals surface area (Å²) >= 11 is 0. The Labute approximate surface area is 189 Å². The van der Waals surface area contributed by atoms with Crippen LogP contribution in [0.2, 0.25) is 0 Å². The van der Waals surface area contributed by atoms with E-state index in [1.54, 1.807) is 0 Å². The van der Waals surface area contributed by atoms with E-state index in [1.807, 2.05) is 0 Å². The van der Waals surface area contributed by atoms with Gasteiger partial charge in [0.15, 0.2) is 18.9 Å². The molecule has 0 amide bonds. The Morgan fingerprint density at radius 2 is 1.21 bits per heavy atom. The van der Waals surface area contributed by atoms with Gasteiger partial charge in [-0.1, -0.05) is 0 Å². The average molecular weight is 485 g/mol. The van der Waals surface area contributed by atoms with Crippen LogP contribution in [0.3, 0.4) is 0 Å². The molecule has 0 aromatic rings. The smallest absolute Gasteiger partial charge is 0.187 e. The van der Waals surface area contributed by atoms with Crippen molar-refractivity contribution in [2.45, 2.75) is 85.9 Å². The van der Waals surface area contributed by atoms with Crippen molar-refractivity contribution in [3.63, 3.8) is 0 Å². The molecule has 0 radical (unpaired) electrons. The van der Waals surface area contributed by atoms with E-state index in [0.717, 1.165) is 0 Å².